The van der Waals surface area contributed by atoms with Crippen molar-refractivity contribution in [2.24, 2.45) is 0 Å². The van der Waals surface area contributed by atoms with Crippen LogP contribution in [0.2, 0.25) is 0 Å². The van der Waals surface area contributed by atoms with Crippen LogP contribution < -0.4 is 5.32 Å². The lowest BCUT2D eigenvalue weighted by Gasteiger charge is -2.09. The second kappa shape index (κ2) is 6.91. The van der Waals surface area contributed by atoms with Crippen molar-refractivity contribution in [1.29, 1.82) is 0 Å². The minimum atomic E-state index is -0.946. The highest BCUT2D eigenvalue weighted by atomic mass is 16.4. The molecule has 0 fully saturated rings. The lowest BCUT2D eigenvalue weighted by molar-refractivity contribution is 0.0697. The number of hydrogen-bond donors (Lipinski definition) is 2. The molecule has 24 heavy (non-hydrogen) atoms. The molecular weight excluding hydrogens is 302 g/mol. The van der Waals surface area contributed by atoms with Crippen LogP contribution in [0.25, 0.3) is 0 Å². The van der Waals surface area contributed by atoms with Crippen molar-refractivity contribution in [3.05, 3.63) is 83.2 Å². The van der Waals surface area contributed by atoms with Crippen LogP contribution in [0.5, 0.6) is 0 Å². The van der Waals surface area contributed by atoms with Crippen LogP contribution in [0, 0.1) is 6.92 Å². The molecule has 2 N–H and O–H groups in total. The van der Waals surface area contributed by atoms with E-state index in [0.29, 0.717) is 5.95 Å². The van der Waals surface area contributed by atoms with Crippen molar-refractivity contribution in [3.8, 4) is 0 Å². The Kier molecular flexibility index (Phi) is 4.52. The summed E-state index contributed by atoms with van der Waals surface area (Å²) in [6.07, 6.45) is 2.53. The number of benzene rings is 2. The van der Waals surface area contributed by atoms with Gasteiger partial charge < -0.3 is 10.4 Å². The monoisotopic (exact) mass is 319 g/mol. The van der Waals surface area contributed by atoms with E-state index in [2.05, 4.69) is 27.4 Å². The molecule has 0 atom stereocenters. The molecule has 0 saturated carbocycles. The molecule has 0 amide bonds. The van der Waals surface area contributed by atoms with Gasteiger partial charge >= 0.3 is 5.97 Å². The van der Waals surface area contributed by atoms with Crippen LogP contribution in [0.4, 0.5) is 11.6 Å². The lowest BCUT2D eigenvalue weighted by atomic mass is 10.1. The molecular formula is C19H17N3O2. The van der Waals surface area contributed by atoms with Gasteiger partial charge in [0.2, 0.25) is 5.95 Å². The van der Waals surface area contributed by atoms with E-state index in [1.54, 1.807) is 30.5 Å². The lowest BCUT2D eigenvalue weighted by Crippen LogP contribution is -2.03. The first-order valence-corrected chi connectivity index (χ1v) is 7.58. The highest BCUT2D eigenvalue weighted by molar-refractivity contribution is 5.88. The predicted octanol–water partition coefficient (Wildman–Crippen LogP) is 3.82. The van der Waals surface area contributed by atoms with Gasteiger partial charge in [0.05, 0.1) is 11.3 Å². The summed E-state index contributed by atoms with van der Waals surface area (Å²) >= 11 is 0. The molecule has 0 spiro atoms. The Bertz CT molecular complexity index is 846. The van der Waals surface area contributed by atoms with Crippen LogP contribution in [-0.4, -0.2) is 21.0 Å². The first-order chi connectivity index (χ1) is 11.6. The molecule has 5 heteroatoms. The minimum Gasteiger partial charge on any atom is -0.478 e. The smallest absolute Gasteiger partial charge is 0.335 e. The van der Waals surface area contributed by atoms with E-state index in [1.165, 1.54) is 5.56 Å². The molecule has 0 radical (unpaired) electrons. The number of carboxylic acids is 1. The zero-order chi connectivity index (χ0) is 16.9. The number of anilines is 2. The number of aromatic nitrogens is 2. The number of carboxylic acid groups (broad SMARTS) is 1. The molecule has 0 saturated heterocycles. The molecule has 0 unspecified atom stereocenters. The number of nitrogens with one attached hydrogen (secondary N) is 1. The minimum absolute atomic E-state index is 0.246. The fourth-order valence-corrected chi connectivity index (χ4v) is 2.33. The number of carbonyl (C=O) groups is 1. The largest absolute Gasteiger partial charge is 0.478 e. The van der Waals surface area contributed by atoms with Crippen molar-refractivity contribution < 1.29 is 9.90 Å². The Labute approximate surface area is 140 Å². The number of aromatic carboxylic acids is 1. The molecule has 0 aliphatic rings. The van der Waals surface area contributed by atoms with E-state index in [-0.39, 0.29) is 5.56 Å². The molecule has 5 nitrogen and oxygen atoms in total. The van der Waals surface area contributed by atoms with E-state index in [0.717, 1.165) is 23.4 Å². The zero-order valence-corrected chi connectivity index (χ0v) is 13.2. The number of nitrogens with zero attached hydrogens (tertiary/aromatic N) is 2. The third-order valence-electron chi connectivity index (χ3n) is 3.68. The maximum Gasteiger partial charge on any atom is 0.335 e. The van der Waals surface area contributed by atoms with Crippen LogP contribution in [0.3, 0.4) is 0 Å². The van der Waals surface area contributed by atoms with Gasteiger partial charge in [-0.25, -0.2) is 14.8 Å². The first kappa shape index (κ1) is 15.7. The Morgan fingerprint density at radius 2 is 1.79 bits per heavy atom. The molecule has 3 aromatic rings. The number of rotatable bonds is 5. The van der Waals surface area contributed by atoms with E-state index >= 15 is 0 Å². The van der Waals surface area contributed by atoms with E-state index < -0.39 is 5.97 Å². The van der Waals surface area contributed by atoms with Crippen LogP contribution in [0.1, 0.15) is 27.2 Å². The molecule has 0 aliphatic carbocycles. The van der Waals surface area contributed by atoms with Crippen LogP contribution in [0.15, 0.2) is 60.8 Å². The molecule has 120 valence electrons. The molecule has 1 heterocycles. The van der Waals surface area contributed by atoms with Crippen molar-refractivity contribution in [2.45, 2.75) is 13.3 Å². The van der Waals surface area contributed by atoms with E-state index in [1.807, 2.05) is 25.1 Å². The maximum absolute atomic E-state index is 10.9. The molecule has 0 bridgehead atoms. The molecule has 1 aromatic heterocycles. The second-order valence-electron chi connectivity index (χ2n) is 5.49. The highest BCUT2D eigenvalue weighted by Crippen LogP contribution is 2.17. The summed E-state index contributed by atoms with van der Waals surface area (Å²) in [5, 5.41) is 12.0. The van der Waals surface area contributed by atoms with Gasteiger partial charge in [-0.3, -0.25) is 0 Å². The normalized spacial score (nSPS) is 10.4. The Balaban J connectivity index is 1.79. The van der Waals surface area contributed by atoms with Gasteiger partial charge in [0, 0.05) is 18.3 Å². The zero-order valence-electron chi connectivity index (χ0n) is 13.2. The summed E-state index contributed by atoms with van der Waals surface area (Å²) in [6.45, 7) is 1.99. The Morgan fingerprint density at radius 1 is 1.08 bits per heavy atom. The predicted molar refractivity (Wildman–Crippen MR) is 92.7 cm³/mol. The van der Waals surface area contributed by atoms with Crippen LogP contribution >= 0.6 is 0 Å². The van der Waals surface area contributed by atoms with Gasteiger partial charge in [-0.15, -0.1) is 0 Å². The van der Waals surface area contributed by atoms with Gasteiger partial charge in [-0.2, -0.15) is 0 Å². The third-order valence-corrected chi connectivity index (χ3v) is 3.68. The topological polar surface area (TPSA) is 75.1 Å². The number of aryl methyl sites for hydroxylation is 1. The highest BCUT2D eigenvalue weighted by Gasteiger charge is 2.07. The van der Waals surface area contributed by atoms with Crippen molar-refractivity contribution >= 4 is 17.6 Å². The fraction of sp³-hybridized carbons (Fsp3) is 0.105. The summed E-state index contributed by atoms with van der Waals surface area (Å²) in [7, 11) is 0. The van der Waals surface area contributed by atoms with Crippen molar-refractivity contribution in [2.75, 3.05) is 5.32 Å². The van der Waals surface area contributed by atoms with Gasteiger partial charge in [0.15, 0.2) is 0 Å². The van der Waals surface area contributed by atoms with Gasteiger partial charge in [0.1, 0.15) is 0 Å². The molecule has 0 aliphatic heterocycles. The summed E-state index contributed by atoms with van der Waals surface area (Å²) < 4.78 is 0. The summed E-state index contributed by atoms with van der Waals surface area (Å²) in [5.74, 6) is -0.451. The Morgan fingerprint density at radius 3 is 2.46 bits per heavy atom. The fourth-order valence-electron chi connectivity index (χ4n) is 2.33. The second-order valence-corrected chi connectivity index (χ2v) is 5.49. The average Bonchev–Trinajstić information content (AvgIpc) is 2.59. The third kappa shape index (κ3) is 3.76. The van der Waals surface area contributed by atoms with E-state index in [9.17, 15) is 4.79 Å². The van der Waals surface area contributed by atoms with Crippen molar-refractivity contribution in [3.63, 3.8) is 0 Å². The van der Waals surface area contributed by atoms with Gasteiger partial charge in [-0.1, -0.05) is 30.3 Å². The summed E-state index contributed by atoms with van der Waals surface area (Å²) in [6, 6.07) is 16.6. The quantitative estimate of drug-likeness (QED) is 0.748. The molecule has 3 rings (SSSR count). The standard InChI is InChI=1S/C19H17N3O2/c1-13-12-20-19(21-16-9-7-15(8-10-16)18(23)24)22-17(13)11-14-5-3-2-4-6-14/h2-10,12H,11H2,1H3,(H,23,24)(H,20,21,22). The SMILES string of the molecule is Cc1cnc(Nc2ccc(C(=O)O)cc2)nc1Cc1ccccc1. The summed E-state index contributed by atoms with van der Waals surface area (Å²) in [4.78, 5) is 19.8. The van der Waals surface area contributed by atoms with Crippen molar-refractivity contribution in [1.82, 2.24) is 9.97 Å². The van der Waals surface area contributed by atoms with Crippen LogP contribution in [-0.2, 0) is 6.42 Å². The molecule has 2 aromatic carbocycles. The van der Waals surface area contributed by atoms with Gasteiger partial charge in [-0.05, 0) is 42.3 Å². The van der Waals surface area contributed by atoms with Gasteiger partial charge in [0.25, 0.3) is 0 Å². The maximum atomic E-state index is 10.9. The first-order valence-electron chi connectivity index (χ1n) is 7.58. The van der Waals surface area contributed by atoms with E-state index in [4.69, 9.17) is 5.11 Å². The average molecular weight is 319 g/mol. The Hall–Kier alpha value is -3.21. The summed E-state index contributed by atoms with van der Waals surface area (Å²) in [5.41, 5.74) is 4.17. The number of hydrogen-bond acceptors (Lipinski definition) is 4.